The van der Waals surface area contributed by atoms with E-state index in [0.717, 1.165) is 12.1 Å². The highest BCUT2D eigenvalue weighted by Gasteiger charge is 2.11. The number of rotatable bonds is 6. The van der Waals surface area contributed by atoms with Gasteiger partial charge in [-0.25, -0.2) is 0 Å². The summed E-state index contributed by atoms with van der Waals surface area (Å²) in [4.78, 5) is 0. The Morgan fingerprint density at radius 1 is 1.60 bits per heavy atom. The lowest BCUT2D eigenvalue weighted by Gasteiger charge is -2.16. The summed E-state index contributed by atoms with van der Waals surface area (Å²) in [5, 5.41) is 7.85. The van der Waals surface area contributed by atoms with Crippen molar-refractivity contribution in [2.24, 2.45) is 12.9 Å². The van der Waals surface area contributed by atoms with Gasteiger partial charge in [0.15, 0.2) is 0 Å². The van der Waals surface area contributed by atoms with Crippen molar-refractivity contribution in [1.29, 1.82) is 0 Å². The molecule has 86 valence electrons. The van der Waals surface area contributed by atoms with Gasteiger partial charge in [-0.15, -0.1) is 5.10 Å². The van der Waals surface area contributed by atoms with Crippen LogP contribution in [-0.4, -0.2) is 33.7 Å². The number of ether oxygens (including phenoxy) is 1. The zero-order chi connectivity index (χ0) is 11.3. The molecule has 0 spiro atoms. The lowest BCUT2D eigenvalue weighted by Crippen LogP contribution is -2.41. The summed E-state index contributed by atoms with van der Waals surface area (Å²) in [6.07, 6.45) is 2.80. The fraction of sp³-hybridized carbons (Fsp3) is 0.778. The Labute approximate surface area is 89.8 Å². The predicted molar refractivity (Wildman–Crippen MR) is 56.9 cm³/mol. The molecule has 0 fully saturated rings. The van der Waals surface area contributed by atoms with Gasteiger partial charge in [-0.2, -0.15) is 0 Å². The smallest absolute Gasteiger partial charge is 0.0843 e. The van der Waals surface area contributed by atoms with Crippen LogP contribution in [0.2, 0.25) is 0 Å². The van der Waals surface area contributed by atoms with Gasteiger partial charge in [0.1, 0.15) is 0 Å². The van der Waals surface area contributed by atoms with Gasteiger partial charge in [0.2, 0.25) is 0 Å². The molecule has 0 amide bonds. The van der Waals surface area contributed by atoms with Crippen LogP contribution in [0.3, 0.4) is 0 Å². The maximum atomic E-state index is 5.48. The molecule has 3 N–H and O–H groups in total. The van der Waals surface area contributed by atoms with Gasteiger partial charge >= 0.3 is 0 Å². The van der Waals surface area contributed by atoms with Crippen LogP contribution < -0.4 is 11.3 Å². The highest BCUT2D eigenvalue weighted by atomic mass is 16.5. The molecule has 1 aromatic heterocycles. The van der Waals surface area contributed by atoms with E-state index in [9.17, 15) is 0 Å². The van der Waals surface area contributed by atoms with E-state index in [2.05, 4.69) is 15.7 Å². The predicted octanol–water partition coefficient (Wildman–Crippen LogP) is -0.385. The topological polar surface area (TPSA) is 78.0 Å². The van der Waals surface area contributed by atoms with Crippen molar-refractivity contribution in [1.82, 2.24) is 20.4 Å². The summed E-state index contributed by atoms with van der Waals surface area (Å²) in [5.74, 6) is 5.43. The third kappa shape index (κ3) is 4.37. The molecular weight excluding hydrogens is 194 g/mol. The van der Waals surface area contributed by atoms with Crippen LogP contribution in [0.15, 0.2) is 6.20 Å². The molecule has 0 bridgehead atoms. The summed E-state index contributed by atoms with van der Waals surface area (Å²) >= 11 is 0. The lowest BCUT2D eigenvalue weighted by atomic mass is 10.2. The SMILES string of the molecule is CC(C)OCC(Cc1cn(C)nn1)NN. The van der Waals surface area contributed by atoms with Gasteiger partial charge in [0.25, 0.3) is 0 Å². The van der Waals surface area contributed by atoms with Crippen molar-refractivity contribution in [2.75, 3.05) is 6.61 Å². The van der Waals surface area contributed by atoms with Gasteiger partial charge in [-0.1, -0.05) is 5.21 Å². The van der Waals surface area contributed by atoms with Crippen molar-refractivity contribution < 1.29 is 4.74 Å². The van der Waals surface area contributed by atoms with Crippen molar-refractivity contribution >= 4 is 0 Å². The summed E-state index contributed by atoms with van der Waals surface area (Å²) in [5.41, 5.74) is 3.62. The summed E-state index contributed by atoms with van der Waals surface area (Å²) in [7, 11) is 1.84. The number of hydrogen-bond acceptors (Lipinski definition) is 5. The van der Waals surface area contributed by atoms with Crippen molar-refractivity contribution in [3.63, 3.8) is 0 Å². The minimum absolute atomic E-state index is 0.0732. The van der Waals surface area contributed by atoms with Crippen molar-refractivity contribution in [3.05, 3.63) is 11.9 Å². The Morgan fingerprint density at radius 3 is 2.80 bits per heavy atom. The number of aryl methyl sites for hydroxylation is 1. The highest BCUT2D eigenvalue weighted by Crippen LogP contribution is 2.00. The molecular formula is C9H19N5O. The van der Waals surface area contributed by atoms with E-state index in [-0.39, 0.29) is 12.1 Å². The van der Waals surface area contributed by atoms with E-state index in [4.69, 9.17) is 10.6 Å². The number of hydrazine groups is 1. The van der Waals surface area contributed by atoms with Crippen LogP contribution in [0.1, 0.15) is 19.5 Å². The van der Waals surface area contributed by atoms with Crippen molar-refractivity contribution in [3.8, 4) is 0 Å². The summed E-state index contributed by atoms with van der Waals surface area (Å²) < 4.78 is 7.15. The molecule has 1 atom stereocenters. The molecule has 15 heavy (non-hydrogen) atoms. The van der Waals surface area contributed by atoms with Gasteiger partial charge in [-0.05, 0) is 13.8 Å². The van der Waals surface area contributed by atoms with E-state index in [1.807, 2.05) is 27.1 Å². The molecule has 0 radical (unpaired) electrons. The van der Waals surface area contributed by atoms with Gasteiger partial charge in [-0.3, -0.25) is 16.0 Å². The highest BCUT2D eigenvalue weighted by molar-refractivity contribution is 4.95. The average Bonchev–Trinajstić information content (AvgIpc) is 2.58. The van der Waals surface area contributed by atoms with Crippen LogP contribution in [0.5, 0.6) is 0 Å². The summed E-state index contributed by atoms with van der Waals surface area (Å²) in [6, 6.07) is 0.0732. The second-order valence-corrected chi connectivity index (χ2v) is 3.83. The number of hydrogen-bond donors (Lipinski definition) is 2. The molecule has 0 aliphatic rings. The maximum Gasteiger partial charge on any atom is 0.0843 e. The van der Waals surface area contributed by atoms with Gasteiger partial charge in [0, 0.05) is 19.7 Å². The molecule has 1 rings (SSSR count). The third-order valence-electron chi connectivity index (χ3n) is 1.97. The molecule has 6 nitrogen and oxygen atoms in total. The van der Waals surface area contributed by atoms with E-state index >= 15 is 0 Å². The quantitative estimate of drug-likeness (QED) is 0.497. The van der Waals surface area contributed by atoms with E-state index in [1.54, 1.807) is 4.68 Å². The Morgan fingerprint density at radius 2 is 2.33 bits per heavy atom. The standard InChI is InChI=1S/C9H19N5O/c1-7(2)15-6-9(11-10)4-8-5-14(3)13-12-8/h5,7,9,11H,4,6,10H2,1-3H3. The van der Waals surface area contributed by atoms with Crippen LogP contribution in [0, 0.1) is 0 Å². The third-order valence-corrected chi connectivity index (χ3v) is 1.97. The minimum atomic E-state index is 0.0732. The molecule has 0 aliphatic heterocycles. The van der Waals surface area contributed by atoms with Crippen molar-refractivity contribution in [2.45, 2.75) is 32.4 Å². The normalized spacial score (nSPS) is 13.4. The molecule has 0 aliphatic carbocycles. The zero-order valence-corrected chi connectivity index (χ0v) is 9.47. The first-order valence-corrected chi connectivity index (χ1v) is 5.04. The fourth-order valence-corrected chi connectivity index (χ4v) is 1.22. The van der Waals surface area contributed by atoms with Gasteiger partial charge in [0.05, 0.1) is 24.4 Å². The zero-order valence-electron chi connectivity index (χ0n) is 9.47. The molecule has 1 unspecified atom stereocenters. The fourth-order valence-electron chi connectivity index (χ4n) is 1.22. The molecule has 1 aromatic rings. The second-order valence-electron chi connectivity index (χ2n) is 3.83. The largest absolute Gasteiger partial charge is 0.377 e. The number of nitrogens with zero attached hydrogens (tertiary/aromatic N) is 3. The number of nitrogens with one attached hydrogen (secondary N) is 1. The first-order chi connectivity index (χ1) is 7.11. The van der Waals surface area contributed by atoms with Crippen LogP contribution in [-0.2, 0) is 18.2 Å². The molecule has 1 heterocycles. The van der Waals surface area contributed by atoms with Crippen LogP contribution in [0.4, 0.5) is 0 Å². The average molecular weight is 213 g/mol. The van der Waals surface area contributed by atoms with E-state index in [1.165, 1.54) is 0 Å². The first kappa shape index (κ1) is 12.1. The number of nitrogens with two attached hydrogens (primary N) is 1. The lowest BCUT2D eigenvalue weighted by molar-refractivity contribution is 0.0611. The molecule has 6 heteroatoms. The number of aromatic nitrogens is 3. The molecule has 0 aromatic carbocycles. The minimum Gasteiger partial charge on any atom is -0.377 e. The first-order valence-electron chi connectivity index (χ1n) is 5.04. The van der Waals surface area contributed by atoms with Crippen LogP contribution in [0.25, 0.3) is 0 Å². The molecule has 0 saturated heterocycles. The van der Waals surface area contributed by atoms with Crippen LogP contribution >= 0.6 is 0 Å². The molecule has 0 saturated carbocycles. The Hall–Kier alpha value is -0.980. The van der Waals surface area contributed by atoms with E-state index in [0.29, 0.717) is 6.61 Å². The summed E-state index contributed by atoms with van der Waals surface area (Å²) in [6.45, 7) is 4.57. The maximum absolute atomic E-state index is 5.48. The Balaban J connectivity index is 2.39. The Bertz CT molecular complexity index is 286. The monoisotopic (exact) mass is 213 g/mol. The Kier molecular flexibility index (Phi) is 4.67. The second kappa shape index (κ2) is 5.79. The van der Waals surface area contributed by atoms with Gasteiger partial charge < -0.3 is 4.74 Å². The van der Waals surface area contributed by atoms with E-state index < -0.39 is 0 Å².